The molecule has 0 bridgehead atoms. The van der Waals surface area contributed by atoms with Gasteiger partial charge in [-0.3, -0.25) is 11.3 Å². The minimum atomic E-state index is -0.198. The van der Waals surface area contributed by atoms with Crippen molar-refractivity contribution in [2.24, 2.45) is 11.8 Å². The molecular formula is C14H20BrFN2. The Kier molecular flexibility index (Phi) is 5.15. The second kappa shape index (κ2) is 6.64. The van der Waals surface area contributed by atoms with Gasteiger partial charge in [-0.2, -0.15) is 0 Å². The summed E-state index contributed by atoms with van der Waals surface area (Å²) >= 11 is 3.23. The van der Waals surface area contributed by atoms with Crippen LogP contribution in [0.25, 0.3) is 0 Å². The Morgan fingerprint density at radius 1 is 1.33 bits per heavy atom. The van der Waals surface area contributed by atoms with Crippen LogP contribution in [0.2, 0.25) is 0 Å². The van der Waals surface area contributed by atoms with E-state index in [0.717, 1.165) is 6.42 Å². The van der Waals surface area contributed by atoms with Gasteiger partial charge >= 0.3 is 0 Å². The molecule has 0 aliphatic heterocycles. The largest absolute Gasteiger partial charge is 0.271 e. The first-order valence-corrected chi connectivity index (χ1v) is 7.41. The molecule has 0 saturated heterocycles. The highest BCUT2D eigenvalue weighted by molar-refractivity contribution is 9.10. The molecule has 3 N–H and O–H groups in total. The third-order valence-corrected chi connectivity index (χ3v) is 4.46. The van der Waals surface area contributed by atoms with E-state index >= 15 is 0 Å². The Bertz CT molecular complexity index is 391. The molecule has 18 heavy (non-hydrogen) atoms. The smallest absolute Gasteiger partial charge is 0.142 e. The van der Waals surface area contributed by atoms with Crippen LogP contribution >= 0.6 is 15.9 Å². The summed E-state index contributed by atoms with van der Waals surface area (Å²) in [6.07, 6.45) is 7.33. The fraction of sp³-hybridized carbons (Fsp3) is 0.571. The van der Waals surface area contributed by atoms with Crippen molar-refractivity contribution in [3.63, 3.8) is 0 Å². The van der Waals surface area contributed by atoms with Gasteiger partial charge in [0.15, 0.2) is 0 Å². The molecule has 0 radical (unpaired) electrons. The van der Waals surface area contributed by atoms with Gasteiger partial charge in [0.05, 0.1) is 4.47 Å². The molecule has 1 unspecified atom stereocenters. The van der Waals surface area contributed by atoms with Crippen LogP contribution in [0.1, 0.15) is 50.1 Å². The second-order valence-electron chi connectivity index (χ2n) is 5.10. The molecule has 2 nitrogen and oxygen atoms in total. The van der Waals surface area contributed by atoms with Crippen LogP contribution in [-0.2, 0) is 0 Å². The van der Waals surface area contributed by atoms with E-state index in [9.17, 15) is 4.39 Å². The number of hydrazine groups is 1. The van der Waals surface area contributed by atoms with Crippen molar-refractivity contribution in [3.8, 4) is 0 Å². The van der Waals surface area contributed by atoms with Crippen LogP contribution < -0.4 is 11.3 Å². The Labute approximate surface area is 116 Å². The van der Waals surface area contributed by atoms with E-state index in [1.807, 2.05) is 12.1 Å². The summed E-state index contributed by atoms with van der Waals surface area (Å²) in [5, 5.41) is 0. The molecule has 1 aliphatic rings. The van der Waals surface area contributed by atoms with Gasteiger partial charge in [0.25, 0.3) is 0 Å². The fourth-order valence-corrected chi connectivity index (χ4v) is 3.21. The zero-order valence-electron chi connectivity index (χ0n) is 10.5. The first kappa shape index (κ1) is 14.0. The average molecular weight is 315 g/mol. The fourth-order valence-electron chi connectivity index (χ4n) is 2.83. The van der Waals surface area contributed by atoms with Gasteiger partial charge in [0, 0.05) is 11.6 Å². The van der Waals surface area contributed by atoms with Gasteiger partial charge < -0.3 is 0 Å². The molecular weight excluding hydrogens is 295 g/mol. The predicted octanol–water partition coefficient (Wildman–Crippen LogP) is 4.06. The van der Waals surface area contributed by atoms with Crippen molar-refractivity contribution < 1.29 is 4.39 Å². The normalized spacial score (nSPS) is 18.8. The quantitative estimate of drug-likeness (QED) is 0.649. The van der Waals surface area contributed by atoms with Crippen LogP contribution in [0, 0.1) is 11.7 Å². The first-order valence-electron chi connectivity index (χ1n) is 6.62. The van der Waals surface area contributed by atoms with E-state index in [0.29, 0.717) is 16.0 Å². The minimum Gasteiger partial charge on any atom is -0.271 e. The van der Waals surface area contributed by atoms with E-state index < -0.39 is 0 Å². The Hall–Kier alpha value is -0.450. The highest BCUT2D eigenvalue weighted by Crippen LogP contribution is 2.33. The van der Waals surface area contributed by atoms with E-state index in [4.69, 9.17) is 5.84 Å². The van der Waals surface area contributed by atoms with Crippen molar-refractivity contribution in [1.82, 2.24) is 5.43 Å². The maximum atomic E-state index is 14.1. The molecule has 0 amide bonds. The Morgan fingerprint density at radius 3 is 2.72 bits per heavy atom. The highest BCUT2D eigenvalue weighted by Gasteiger charge is 2.22. The summed E-state index contributed by atoms with van der Waals surface area (Å²) in [7, 11) is 0. The van der Waals surface area contributed by atoms with E-state index in [2.05, 4.69) is 21.4 Å². The van der Waals surface area contributed by atoms with Crippen molar-refractivity contribution in [2.45, 2.75) is 44.6 Å². The van der Waals surface area contributed by atoms with Crippen LogP contribution in [0.5, 0.6) is 0 Å². The lowest BCUT2D eigenvalue weighted by Crippen LogP contribution is -2.30. The van der Waals surface area contributed by atoms with Crippen LogP contribution in [0.3, 0.4) is 0 Å². The standard InChI is InChI=1S/C14H20BrFN2/c15-12-8-4-7-11(14(12)16)13(18-17)9-10-5-2-1-3-6-10/h4,7-8,10,13,18H,1-3,5-6,9,17H2. The lowest BCUT2D eigenvalue weighted by atomic mass is 9.83. The van der Waals surface area contributed by atoms with Crippen LogP contribution in [-0.4, -0.2) is 0 Å². The monoisotopic (exact) mass is 314 g/mol. The molecule has 2 rings (SSSR count). The van der Waals surface area contributed by atoms with E-state index in [1.165, 1.54) is 32.1 Å². The summed E-state index contributed by atoms with van der Waals surface area (Å²) in [5.41, 5.74) is 3.44. The van der Waals surface area contributed by atoms with Crippen LogP contribution in [0.15, 0.2) is 22.7 Å². The number of halogens is 2. The molecule has 1 aromatic carbocycles. The molecule has 0 spiro atoms. The minimum absolute atomic E-state index is 0.0920. The lowest BCUT2D eigenvalue weighted by Gasteiger charge is -2.26. The number of rotatable bonds is 4. The number of benzene rings is 1. The molecule has 4 heteroatoms. The average Bonchev–Trinajstić information content (AvgIpc) is 2.41. The van der Waals surface area contributed by atoms with Gasteiger partial charge in [-0.05, 0) is 34.3 Å². The highest BCUT2D eigenvalue weighted by atomic mass is 79.9. The summed E-state index contributed by atoms with van der Waals surface area (Å²) in [6, 6.07) is 5.29. The molecule has 0 heterocycles. The number of nitrogens with one attached hydrogen (secondary N) is 1. The predicted molar refractivity (Wildman–Crippen MR) is 75.4 cm³/mol. The summed E-state index contributed by atoms with van der Waals surface area (Å²) < 4.78 is 14.6. The molecule has 1 aromatic rings. The SMILES string of the molecule is NNC(CC1CCCCC1)c1cccc(Br)c1F. The number of hydrogen-bond acceptors (Lipinski definition) is 2. The van der Waals surface area contributed by atoms with Gasteiger partial charge in [-0.25, -0.2) is 4.39 Å². The maximum absolute atomic E-state index is 14.1. The van der Waals surface area contributed by atoms with Gasteiger partial charge in [-0.1, -0.05) is 44.2 Å². The first-order chi connectivity index (χ1) is 8.72. The number of hydrogen-bond donors (Lipinski definition) is 2. The lowest BCUT2D eigenvalue weighted by molar-refractivity contribution is 0.298. The van der Waals surface area contributed by atoms with Crippen LogP contribution in [0.4, 0.5) is 4.39 Å². The van der Waals surface area contributed by atoms with Crippen molar-refractivity contribution in [3.05, 3.63) is 34.1 Å². The van der Waals surface area contributed by atoms with Gasteiger partial charge in [0.2, 0.25) is 0 Å². The maximum Gasteiger partial charge on any atom is 0.142 e. The Balaban J connectivity index is 2.09. The van der Waals surface area contributed by atoms with E-state index in [-0.39, 0.29) is 11.9 Å². The number of nitrogens with two attached hydrogens (primary N) is 1. The molecule has 1 fully saturated rings. The van der Waals surface area contributed by atoms with Gasteiger partial charge in [-0.15, -0.1) is 0 Å². The summed E-state index contributed by atoms with van der Waals surface area (Å²) in [4.78, 5) is 0. The topological polar surface area (TPSA) is 38.0 Å². The zero-order chi connectivity index (χ0) is 13.0. The molecule has 100 valence electrons. The molecule has 1 aliphatic carbocycles. The van der Waals surface area contributed by atoms with Crippen molar-refractivity contribution in [2.75, 3.05) is 0 Å². The van der Waals surface area contributed by atoms with Crippen molar-refractivity contribution >= 4 is 15.9 Å². The third kappa shape index (κ3) is 3.31. The summed E-state index contributed by atoms with van der Waals surface area (Å²) in [5.74, 6) is 6.08. The molecule has 0 aromatic heterocycles. The molecule has 1 atom stereocenters. The van der Waals surface area contributed by atoms with E-state index in [1.54, 1.807) is 6.07 Å². The summed E-state index contributed by atoms with van der Waals surface area (Å²) in [6.45, 7) is 0. The third-order valence-electron chi connectivity index (χ3n) is 3.85. The second-order valence-corrected chi connectivity index (χ2v) is 5.96. The molecule has 1 saturated carbocycles. The zero-order valence-corrected chi connectivity index (χ0v) is 12.0. The van der Waals surface area contributed by atoms with Crippen molar-refractivity contribution in [1.29, 1.82) is 0 Å². The van der Waals surface area contributed by atoms with Gasteiger partial charge in [0.1, 0.15) is 5.82 Å². The Morgan fingerprint density at radius 2 is 2.06 bits per heavy atom.